The van der Waals surface area contributed by atoms with Gasteiger partial charge in [-0.05, 0) is 90.4 Å². The molecule has 2 amide bonds. The smallest absolute Gasteiger partial charge is 0.226 e. The SMILES string of the molecule is CC(=O)NC(=O)CCCCCC[C@@H]1[C@@H](C=C[C@@H](CCC=C(C)C)OC2CCCCO2)[C@H](OC2CCCCO2)C[C@H]1Cl. The number of carbonyl (C=O) groups is 2. The number of unbranched alkanes of at least 4 members (excludes halogenated alkanes) is 3. The van der Waals surface area contributed by atoms with E-state index in [0.717, 1.165) is 103 Å². The van der Waals surface area contributed by atoms with E-state index in [2.05, 4.69) is 37.4 Å². The van der Waals surface area contributed by atoms with Gasteiger partial charge < -0.3 is 18.9 Å². The van der Waals surface area contributed by atoms with Crippen molar-refractivity contribution in [1.82, 2.24) is 5.32 Å². The first-order chi connectivity index (χ1) is 19.8. The van der Waals surface area contributed by atoms with Gasteiger partial charge in [0, 0.05) is 37.9 Å². The fourth-order valence-electron chi connectivity index (χ4n) is 6.16. The summed E-state index contributed by atoms with van der Waals surface area (Å²) in [5, 5.41) is 2.39. The maximum absolute atomic E-state index is 11.7. The molecular formula is C33H54ClNO6. The standard InChI is InChI=1S/C33H54ClNO6/c1-24(2)13-12-14-26(40-32-17-8-10-21-38-32)19-20-28-27(15-6-4-5-7-16-31(37)35-25(3)36)29(34)23-30(28)41-33-18-9-11-22-39-33/h13,19-20,26-30,32-33H,4-12,14-18,21-23H2,1-3H3,(H,35,36,37)/t26-,27-,28-,29-,30-,32?,33?/m1/s1. The minimum absolute atomic E-state index is 0.0172. The Bertz CT molecular complexity index is 832. The van der Waals surface area contributed by atoms with Gasteiger partial charge >= 0.3 is 0 Å². The number of amides is 2. The molecule has 2 heterocycles. The van der Waals surface area contributed by atoms with Crippen molar-refractivity contribution in [2.75, 3.05) is 13.2 Å². The van der Waals surface area contributed by atoms with Crippen molar-refractivity contribution in [3.63, 3.8) is 0 Å². The Morgan fingerprint density at radius 2 is 1.68 bits per heavy atom. The summed E-state index contributed by atoms with van der Waals surface area (Å²) in [6.07, 6.45) is 20.9. The highest BCUT2D eigenvalue weighted by molar-refractivity contribution is 6.21. The molecule has 2 saturated heterocycles. The average Bonchev–Trinajstić information content (AvgIpc) is 3.22. The third-order valence-corrected chi connectivity index (χ3v) is 8.84. The van der Waals surface area contributed by atoms with Crippen molar-refractivity contribution in [1.29, 1.82) is 0 Å². The number of ether oxygens (including phenoxy) is 4. The van der Waals surface area contributed by atoms with Gasteiger partial charge in [0.05, 0.1) is 12.2 Å². The number of hydrogen-bond donors (Lipinski definition) is 1. The molecule has 0 aromatic carbocycles. The van der Waals surface area contributed by atoms with Crippen LogP contribution < -0.4 is 5.32 Å². The van der Waals surface area contributed by atoms with E-state index < -0.39 is 0 Å². The second-order valence-corrected chi connectivity index (χ2v) is 12.8. The molecule has 8 heteroatoms. The van der Waals surface area contributed by atoms with E-state index in [9.17, 15) is 9.59 Å². The van der Waals surface area contributed by atoms with Crippen LogP contribution in [0.5, 0.6) is 0 Å². The molecule has 3 fully saturated rings. The topological polar surface area (TPSA) is 83.1 Å². The lowest BCUT2D eigenvalue weighted by atomic mass is 9.88. The van der Waals surface area contributed by atoms with Crippen LogP contribution in [0.4, 0.5) is 0 Å². The first-order valence-corrected chi connectivity index (χ1v) is 16.6. The molecule has 1 aliphatic carbocycles. The Morgan fingerprint density at radius 3 is 2.34 bits per heavy atom. The van der Waals surface area contributed by atoms with E-state index in [1.165, 1.54) is 12.5 Å². The van der Waals surface area contributed by atoms with E-state index in [1.807, 2.05) is 0 Å². The summed E-state index contributed by atoms with van der Waals surface area (Å²) in [6.45, 7) is 7.17. The van der Waals surface area contributed by atoms with Crippen LogP contribution in [0, 0.1) is 11.8 Å². The number of alkyl halides is 1. The molecule has 2 unspecified atom stereocenters. The molecule has 0 bridgehead atoms. The summed E-state index contributed by atoms with van der Waals surface area (Å²) >= 11 is 7.01. The Kier molecular flexibility index (Phi) is 16.0. The second-order valence-electron chi connectivity index (χ2n) is 12.2. The van der Waals surface area contributed by atoms with Crippen LogP contribution in [0.3, 0.4) is 0 Å². The van der Waals surface area contributed by atoms with Crippen molar-refractivity contribution in [2.45, 2.75) is 147 Å². The molecule has 1 saturated carbocycles. The molecule has 0 spiro atoms. The van der Waals surface area contributed by atoms with Crippen molar-refractivity contribution >= 4 is 23.4 Å². The second kappa shape index (κ2) is 19.1. The van der Waals surface area contributed by atoms with E-state index in [4.69, 9.17) is 30.5 Å². The number of allylic oxidation sites excluding steroid dienone is 2. The maximum atomic E-state index is 11.7. The Balaban J connectivity index is 1.61. The average molecular weight is 596 g/mol. The van der Waals surface area contributed by atoms with Gasteiger partial charge in [0.1, 0.15) is 0 Å². The highest BCUT2D eigenvalue weighted by atomic mass is 35.5. The molecule has 3 aliphatic rings. The molecule has 0 aromatic heterocycles. The van der Waals surface area contributed by atoms with Gasteiger partial charge in [-0.25, -0.2) is 0 Å². The van der Waals surface area contributed by atoms with Crippen LogP contribution in [0.1, 0.15) is 117 Å². The molecule has 3 rings (SSSR count). The van der Waals surface area contributed by atoms with E-state index in [0.29, 0.717) is 12.3 Å². The summed E-state index contributed by atoms with van der Waals surface area (Å²) in [4.78, 5) is 22.8. The summed E-state index contributed by atoms with van der Waals surface area (Å²) in [7, 11) is 0. The van der Waals surface area contributed by atoms with Gasteiger partial charge in [-0.1, -0.05) is 43.1 Å². The van der Waals surface area contributed by atoms with Crippen molar-refractivity contribution in [3.8, 4) is 0 Å². The molecule has 7 atom stereocenters. The molecule has 1 N–H and O–H groups in total. The van der Waals surface area contributed by atoms with Crippen LogP contribution in [-0.4, -0.2) is 55.2 Å². The van der Waals surface area contributed by atoms with Crippen molar-refractivity contribution in [3.05, 3.63) is 23.8 Å². The van der Waals surface area contributed by atoms with Gasteiger partial charge in [-0.2, -0.15) is 0 Å². The van der Waals surface area contributed by atoms with Crippen LogP contribution in [-0.2, 0) is 28.5 Å². The van der Waals surface area contributed by atoms with Gasteiger partial charge in [0.25, 0.3) is 0 Å². The lowest BCUT2D eigenvalue weighted by Gasteiger charge is -2.30. The fraction of sp³-hybridized carbons (Fsp3) is 0.818. The number of halogens is 1. The number of imide groups is 1. The van der Waals surface area contributed by atoms with Gasteiger partial charge in [-0.3, -0.25) is 14.9 Å². The number of rotatable bonds is 16. The van der Waals surface area contributed by atoms with Crippen LogP contribution in [0.15, 0.2) is 23.8 Å². The zero-order valence-electron chi connectivity index (χ0n) is 25.6. The quantitative estimate of drug-likeness (QED) is 0.114. The van der Waals surface area contributed by atoms with E-state index in [1.54, 1.807) is 0 Å². The zero-order valence-corrected chi connectivity index (χ0v) is 26.4. The van der Waals surface area contributed by atoms with Crippen LogP contribution >= 0.6 is 11.6 Å². The van der Waals surface area contributed by atoms with Crippen LogP contribution in [0.2, 0.25) is 0 Å². The summed E-state index contributed by atoms with van der Waals surface area (Å²) in [5.74, 6) is 0.0250. The van der Waals surface area contributed by atoms with E-state index >= 15 is 0 Å². The molecular weight excluding hydrogens is 542 g/mol. The van der Waals surface area contributed by atoms with Gasteiger partial charge in [0.2, 0.25) is 11.8 Å². The van der Waals surface area contributed by atoms with Crippen molar-refractivity contribution < 1.29 is 28.5 Å². The summed E-state index contributed by atoms with van der Waals surface area (Å²) in [5.41, 5.74) is 1.32. The fourth-order valence-corrected chi connectivity index (χ4v) is 6.63. The molecule has 0 radical (unpaired) electrons. The third kappa shape index (κ3) is 13.3. The van der Waals surface area contributed by atoms with Crippen LogP contribution in [0.25, 0.3) is 0 Å². The van der Waals surface area contributed by atoms with Gasteiger partial charge in [-0.15, -0.1) is 11.6 Å². The Labute approximate surface area is 253 Å². The maximum Gasteiger partial charge on any atom is 0.226 e. The normalized spacial score (nSPS) is 29.4. The molecule has 7 nitrogen and oxygen atoms in total. The minimum atomic E-state index is -0.297. The largest absolute Gasteiger partial charge is 0.353 e. The summed E-state index contributed by atoms with van der Waals surface area (Å²) < 4.78 is 24.9. The lowest BCUT2D eigenvalue weighted by molar-refractivity contribution is -0.192. The first-order valence-electron chi connectivity index (χ1n) is 16.1. The minimum Gasteiger partial charge on any atom is -0.353 e. The van der Waals surface area contributed by atoms with E-state index in [-0.39, 0.29) is 47.9 Å². The summed E-state index contributed by atoms with van der Waals surface area (Å²) in [6, 6.07) is 0. The first kappa shape index (κ1) is 34.2. The number of nitrogens with one attached hydrogen (secondary N) is 1. The number of hydrogen-bond acceptors (Lipinski definition) is 6. The van der Waals surface area contributed by atoms with Gasteiger partial charge in [0.15, 0.2) is 12.6 Å². The Morgan fingerprint density at radius 1 is 0.976 bits per heavy atom. The molecule has 0 aromatic rings. The zero-order chi connectivity index (χ0) is 29.5. The molecule has 2 aliphatic heterocycles. The highest BCUT2D eigenvalue weighted by Gasteiger charge is 2.42. The predicted molar refractivity (Wildman–Crippen MR) is 162 cm³/mol. The molecule has 41 heavy (non-hydrogen) atoms. The monoisotopic (exact) mass is 595 g/mol. The third-order valence-electron chi connectivity index (χ3n) is 8.33. The molecule has 234 valence electrons. The lowest BCUT2D eigenvalue weighted by Crippen LogP contribution is -2.31. The number of carbonyl (C=O) groups excluding carboxylic acids is 2. The van der Waals surface area contributed by atoms with Crippen molar-refractivity contribution in [2.24, 2.45) is 11.8 Å². The highest BCUT2D eigenvalue weighted by Crippen LogP contribution is 2.43. The predicted octanol–water partition coefficient (Wildman–Crippen LogP) is 7.36. The Hall–Kier alpha value is -1.25.